The molecule has 0 aromatic heterocycles. The monoisotopic (exact) mass is 456 g/mol. The SMILES string of the molecule is O=C(Nc1ccc(C(F)(F)F)cc1)c1ccc([C@@H]2SCC(=O)N2Cc2ccccc2)cc1. The van der Waals surface area contributed by atoms with Crippen molar-refractivity contribution in [3.8, 4) is 0 Å². The van der Waals surface area contributed by atoms with Gasteiger partial charge < -0.3 is 10.2 Å². The molecule has 0 spiro atoms. The minimum Gasteiger partial charge on any atom is -0.322 e. The Labute approximate surface area is 187 Å². The van der Waals surface area contributed by atoms with Crippen molar-refractivity contribution in [2.45, 2.75) is 18.1 Å². The van der Waals surface area contributed by atoms with E-state index < -0.39 is 17.6 Å². The summed E-state index contributed by atoms with van der Waals surface area (Å²) in [6.45, 7) is 0.507. The number of nitrogens with zero attached hydrogens (tertiary/aromatic N) is 1. The van der Waals surface area contributed by atoms with Crippen LogP contribution in [0.25, 0.3) is 0 Å². The lowest BCUT2D eigenvalue weighted by Gasteiger charge is -2.24. The van der Waals surface area contributed by atoms with Gasteiger partial charge in [-0.05, 0) is 47.5 Å². The first-order chi connectivity index (χ1) is 15.3. The topological polar surface area (TPSA) is 49.4 Å². The van der Waals surface area contributed by atoms with Gasteiger partial charge in [0.1, 0.15) is 5.37 Å². The van der Waals surface area contributed by atoms with Gasteiger partial charge in [0.2, 0.25) is 5.91 Å². The van der Waals surface area contributed by atoms with Crippen molar-refractivity contribution in [2.24, 2.45) is 0 Å². The fourth-order valence-corrected chi connectivity index (χ4v) is 4.61. The number of amides is 2. The van der Waals surface area contributed by atoms with Crippen molar-refractivity contribution in [3.63, 3.8) is 0 Å². The van der Waals surface area contributed by atoms with Crippen molar-refractivity contribution in [1.82, 2.24) is 4.90 Å². The number of thioether (sulfide) groups is 1. The smallest absolute Gasteiger partial charge is 0.322 e. The van der Waals surface area contributed by atoms with Crippen molar-refractivity contribution < 1.29 is 22.8 Å². The molecule has 1 atom stereocenters. The van der Waals surface area contributed by atoms with E-state index in [-0.39, 0.29) is 17.0 Å². The van der Waals surface area contributed by atoms with Gasteiger partial charge in [-0.3, -0.25) is 9.59 Å². The predicted molar refractivity (Wildman–Crippen MR) is 118 cm³/mol. The first-order valence-electron chi connectivity index (χ1n) is 9.85. The maximum atomic E-state index is 12.7. The largest absolute Gasteiger partial charge is 0.416 e. The number of hydrogen-bond acceptors (Lipinski definition) is 3. The number of anilines is 1. The minimum atomic E-state index is -4.42. The second-order valence-corrected chi connectivity index (χ2v) is 8.39. The lowest BCUT2D eigenvalue weighted by molar-refractivity contribution is -0.137. The first-order valence-corrected chi connectivity index (χ1v) is 10.9. The summed E-state index contributed by atoms with van der Waals surface area (Å²) < 4.78 is 38.0. The average molecular weight is 456 g/mol. The van der Waals surface area contributed by atoms with Gasteiger partial charge in [-0.1, -0.05) is 42.5 Å². The van der Waals surface area contributed by atoms with Crippen LogP contribution in [0.4, 0.5) is 18.9 Å². The molecule has 1 saturated heterocycles. The summed E-state index contributed by atoms with van der Waals surface area (Å²) in [5, 5.41) is 2.45. The van der Waals surface area contributed by atoms with Crippen molar-refractivity contribution >= 4 is 29.3 Å². The Morgan fingerprint density at radius 3 is 2.25 bits per heavy atom. The fourth-order valence-electron chi connectivity index (χ4n) is 3.43. The Kier molecular flexibility index (Phi) is 6.23. The lowest BCUT2D eigenvalue weighted by atomic mass is 10.1. The highest BCUT2D eigenvalue weighted by Gasteiger charge is 2.33. The maximum absolute atomic E-state index is 12.7. The van der Waals surface area contributed by atoms with E-state index in [0.717, 1.165) is 23.3 Å². The van der Waals surface area contributed by atoms with E-state index in [4.69, 9.17) is 0 Å². The normalized spacial score (nSPS) is 16.3. The molecule has 2 amide bonds. The average Bonchev–Trinajstić information content (AvgIpc) is 3.14. The molecule has 1 N–H and O–H groups in total. The molecule has 1 aliphatic rings. The highest BCUT2D eigenvalue weighted by molar-refractivity contribution is 8.00. The molecule has 0 aliphatic carbocycles. The predicted octanol–water partition coefficient (Wildman–Crippen LogP) is 5.73. The molecule has 1 fully saturated rings. The summed E-state index contributed by atoms with van der Waals surface area (Å²) in [4.78, 5) is 26.7. The second-order valence-electron chi connectivity index (χ2n) is 7.32. The third kappa shape index (κ3) is 4.96. The fraction of sp³-hybridized carbons (Fsp3) is 0.167. The summed E-state index contributed by atoms with van der Waals surface area (Å²) in [7, 11) is 0. The highest BCUT2D eigenvalue weighted by atomic mass is 32.2. The number of hydrogen-bond donors (Lipinski definition) is 1. The first kappa shape index (κ1) is 22.0. The third-order valence-electron chi connectivity index (χ3n) is 5.09. The molecule has 0 radical (unpaired) electrons. The number of rotatable bonds is 5. The van der Waals surface area contributed by atoms with Gasteiger partial charge in [-0.2, -0.15) is 13.2 Å². The van der Waals surface area contributed by atoms with E-state index in [1.807, 2.05) is 35.2 Å². The Morgan fingerprint density at radius 2 is 1.62 bits per heavy atom. The molecule has 32 heavy (non-hydrogen) atoms. The molecule has 1 aliphatic heterocycles. The zero-order chi connectivity index (χ0) is 22.7. The van der Waals surface area contributed by atoms with Crippen LogP contribution in [0.1, 0.15) is 32.4 Å². The lowest BCUT2D eigenvalue weighted by Crippen LogP contribution is -2.27. The van der Waals surface area contributed by atoms with E-state index in [2.05, 4.69) is 5.32 Å². The van der Waals surface area contributed by atoms with Gasteiger partial charge in [0.15, 0.2) is 0 Å². The Bertz CT molecular complexity index is 1100. The van der Waals surface area contributed by atoms with Crippen LogP contribution >= 0.6 is 11.8 Å². The molecule has 0 saturated carbocycles. The Morgan fingerprint density at radius 1 is 0.969 bits per heavy atom. The molecular weight excluding hydrogens is 437 g/mol. The zero-order valence-corrected chi connectivity index (χ0v) is 17.6. The van der Waals surface area contributed by atoms with Crippen molar-refractivity contribution in [3.05, 3.63) is 101 Å². The van der Waals surface area contributed by atoms with E-state index in [1.54, 1.807) is 24.3 Å². The van der Waals surface area contributed by atoms with Gasteiger partial charge in [-0.25, -0.2) is 0 Å². The van der Waals surface area contributed by atoms with Gasteiger partial charge in [0, 0.05) is 17.8 Å². The van der Waals surface area contributed by atoms with Gasteiger partial charge in [0.25, 0.3) is 5.91 Å². The van der Waals surface area contributed by atoms with E-state index in [0.29, 0.717) is 17.9 Å². The molecule has 3 aromatic rings. The number of nitrogens with one attached hydrogen (secondary N) is 1. The van der Waals surface area contributed by atoms with Crippen LogP contribution in [-0.2, 0) is 17.5 Å². The van der Waals surface area contributed by atoms with Gasteiger partial charge in [-0.15, -0.1) is 11.8 Å². The summed E-state index contributed by atoms with van der Waals surface area (Å²) in [5.41, 5.74) is 1.82. The van der Waals surface area contributed by atoms with E-state index in [9.17, 15) is 22.8 Å². The molecule has 1 heterocycles. The standard InChI is InChI=1S/C24H19F3N2O2S/c25-24(26,27)19-10-12-20(13-11-19)28-22(31)17-6-8-18(9-7-17)23-29(21(30)15-32-23)14-16-4-2-1-3-5-16/h1-13,23H,14-15H2,(H,28,31)/t23-/m0/s1. The zero-order valence-electron chi connectivity index (χ0n) is 16.8. The van der Waals surface area contributed by atoms with Crippen molar-refractivity contribution in [1.29, 1.82) is 0 Å². The summed E-state index contributed by atoms with van der Waals surface area (Å²) in [6, 6.07) is 20.9. The summed E-state index contributed by atoms with van der Waals surface area (Å²) in [5.74, 6) is 0.0359. The highest BCUT2D eigenvalue weighted by Crippen LogP contribution is 2.39. The van der Waals surface area contributed by atoms with Gasteiger partial charge >= 0.3 is 6.18 Å². The van der Waals surface area contributed by atoms with Crippen LogP contribution in [0.5, 0.6) is 0 Å². The molecule has 164 valence electrons. The van der Waals surface area contributed by atoms with Crippen LogP contribution < -0.4 is 5.32 Å². The summed E-state index contributed by atoms with van der Waals surface area (Å²) >= 11 is 1.54. The quantitative estimate of drug-likeness (QED) is 0.533. The van der Waals surface area contributed by atoms with Crippen LogP contribution in [0.15, 0.2) is 78.9 Å². The number of halogens is 3. The number of carbonyl (C=O) groups excluding carboxylic acids is 2. The number of carbonyl (C=O) groups is 2. The van der Waals surface area contributed by atoms with Crippen molar-refractivity contribution in [2.75, 3.05) is 11.1 Å². The Hall–Kier alpha value is -3.26. The minimum absolute atomic E-state index is 0.0629. The number of alkyl halides is 3. The third-order valence-corrected chi connectivity index (χ3v) is 6.35. The number of benzene rings is 3. The summed E-state index contributed by atoms with van der Waals surface area (Å²) in [6.07, 6.45) is -4.42. The van der Waals surface area contributed by atoms with Crippen LogP contribution in [0.3, 0.4) is 0 Å². The van der Waals surface area contributed by atoms with E-state index in [1.165, 1.54) is 23.9 Å². The van der Waals surface area contributed by atoms with Gasteiger partial charge in [0.05, 0.1) is 11.3 Å². The second kappa shape index (κ2) is 9.08. The van der Waals surface area contributed by atoms with Crippen LogP contribution in [0.2, 0.25) is 0 Å². The maximum Gasteiger partial charge on any atom is 0.416 e. The van der Waals surface area contributed by atoms with E-state index >= 15 is 0 Å². The molecule has 0 bridgehead atoms. The molecular formula is C24H19F3N2O2S. The molecule has 8 heteroatoms. The molecule has 4 nitrogen and oxygen atoms in total. The van der Waals surface area contributed by atoms with Crippen LogP contribution in [0, 0.1) is 0 Å². The molecule has 4 rings (SSSR count). The molecule has 0 unspecified atom stereocenters. The molecule has 3 aromatic carbocycles. The van der Waals surface area contributed by atoms with Crippen LogP contribution in [-0.4, -0.2) is 22.5 Å². The Balaban J connectivity index is 1.44.